The molecule has 0 radical (unpaired) electrons. The molecule has 0 unspecified atom stereocenters. The highest BCUT2D eigenvalue weighted by Crippen LogP contribution is 2.32. The number of amides is 1. The largest absolute Gasteiger partial charge is 0.370 e. The van der Waals surface area contributed by atoms with Gasteiger partial charge in [0, 0.05) is 51.1 Å². The third kappa shape index (κ3) is 2.95. The van der Waals surface area contributed by atoms with Gasteiger partial charge in [-0.1, -0.05) is 18.2 Å². The van der Waals surface area contributed by atoms with Crippen LogP contribution >= 0.6 is 0 Å². The molecule has 23 heavy (non-hydrogen) atoms. The molecule has 0 aromatic heterocycles. The Balaban J connectivity index is 1.28. The van der Waals surface area contributed by atoms with Crippen LogP contribution in [0.5, 0.6) is 0 Å². The monoisotopic (exact) mass is 316 g/mol. The van der Waals surface area contributed by atoms with Crippen LogP contribution in [0.15, 0.2) is 24.3 Å². The Morgan fingerprint density at radius 3 is 2.61 bits per heavy atom. The van der Waals surface area contributed by atoms with Gasteiger partial charge < -0.3 is 19.3 Å². The first kappa shape index (κ1) is 15.0. The van der Waals surface area contributed by atoms with E-state index in [0.717, 1.165) is 45.4 Å². The number of fused-ring (bicyclic) bond motifs is 1. The summed E-state index contributed by atoms with van der Waals surface area (Å²) in [5, 5.41) is 0. The summed E-state index contributed by atoms with van der Waals surface area (Å²) in [7, 11) is 0. The fourth-order valence-corrected chi connectivity index (χ4v) is 3.91. The van der Waals surface area contributed by atoms with Crippen molar-refractivity contribution < 1.29 is 14.3 Å². The van der Waals surface area contributed by atoms with Crippen molar-refractivity contribution in [1.82, 2.24) is 4.90 Å². The highest BCUT2D eigenvalue weighted by atomic mass is 16.7. The molecule has 0 N–H and O–H groups in total. The minimum absolute atomic E-state index is 0.252. The number of likely N-dealkylation sites (tertiary alicyclic amines) is 1. The van der Waals surface area contributed by atoms with E-state index in [9.17, 15) is 4.79 Å². The maximum atomic E-state index is 12.5. The summed E-state index contributed by atoms with van der Waals surface area (Å²) in [4.78, 5) is 16.8. The Kier molecular flexibility index (Phi) is 3.99. The zero-order valence-corrected chi connectivity index (χ0v) is 13.5. The molecule has 0 atom stereocenters. The number of ether oxygens (including phenoxy) is 2. The first-order chi connectivity index (χ1) is 11.3. The van der Waals surface area contributed by atoms with Crippen molar-refractivity contribution in [2.75, 3.05) is 44.3 Å². The van der Waals surface area contributed by atoms with Crippen LogP contribution in [0.3, 0.4) is 0 Å². The van der Waals surface area contributed by atoms with E-state index in [1.165, 1.54) is 11.3 Å². The summed E-state index contributed by atoms with van der Waals surface area (Å²) in [6.45, 7) is 4.69. The number of carbonyl (C=O) groups is 1. The van der Waals surface area contributed by atoms with Crippen LogP contribution in [0.2, 0.25) is 0 Å². The smallest absolute Gasteiger partial charge is 0.224 e. The molecule has 1 spiro atoms. The van der Waals surface area contributed by atoms with E-state index in [0.29, 0.717) is 19.6 Å². The van der Waals surface area contributed by atoms with Gasteiger partial charge in [0.05, 0.1) is 13.2 Å². The summed E-state index contributed by atoms with van der Waals surface area (Å²) in [6, 6.07) is 8.50. The fourth-order valence-electron chi connectivity index (χ4n) is 3.91. The van der Waals surface area contributed by atoms with E-state index >= 15 is 0 Å². The van der Waals surface area contributed by atoms with Gasteiger partial charge in [-0.3, -0.25) is 4.79 Å². The van der Waals surface area contributed by atoms with Gasteiger partial charge in [-0.2, -0.15) is 0 Å². The molecule has 3 aliphatic rings. The lowest BCUT2D eigenvalue weighted by Gasteiger charge is -2.37. The topological polar surface area (TPSA) is 42.0 Å². The predicted octanol–water partition coefficient (Wildman–Crippen LogP) is 1.80. The molecule has 2 saturated heterocycles. The van der Waals surface area contributed by atoms with E-state index in [-0.39, 0.29) is 5.91 Å². The maximum Gasteiger partial charge on any atom is 0.224 e. The molecule has 124 valence electrons. The normalized spacial score (nSPS) is 22.6. The predicted molar refractivity (Wildman–Crippen MR) is 87.4 cm³/mol. The van der Waals surface area contributed by atoms with Crippen molar-refractivity contribution >= 4 is 11.6 Å². The molecule has 4 rings (SSSR count). The summed E-state index contributed by atoms with van der Waals surface area (Å²) in [5.41, 5.74) is 2.70. The van der Waals surface area contributed by atoms with Crippen LogP contribution in [-0.2, 0) is 20.7 Å². The van der Waals surface area contributed by atoms with Crippen LogP contribution in [0.4, 0.5) is 5.69 Å². The van der Waals surface area contributed by atoms with Crippen molar-refractivity contribution in [3.63, 3.8) is 0 Å². The second-order valence-electron chi connectivity index (χ2n) is 6.60. The molecule has 5 nitrogen and oxygen atoms in total. The summed E-state index contributed by atoms with van der Waals surface area (Å²) in [5.74, 6) is -0.146. The van der Waals surface area contributed by atoms with Crippen molar-refractivity contribution in [2.24, 2.45) is 0 Å². The lowest BCUT2D eigenvalue weighted by Crippen LogP contribution is -2.47. The van der Waals surface area contributed by atoms with E-state index in [1.54, 1.807) is 0 Å². The lowest BCUT2D eigenvalue weighted by molar-refractivity contribution is -0.187. The molecular weight excluding hydrogens is 292 g/mol. The third-order valence-electron chi connectivity index (χ3n) is 5.27. The quantitative estimate of drug-likeness (QED) is 0.853. The second-order valence-corrected chi connectivity index (χ2v) is 6.60. The second kappa shape index (κ2) is 6.13. The molecule has 5 heteroatoms. The maximum absolute atomic E-state index is 12.5. The van der Waals surface area contributed by atoms with E-state index in [4.69, 9.17) is 9.47 Å². The molecular formula is C18H24N2O3. The van der Waals surface area contributed by atoms with Gasteiger partial charge in [-0.15, -0.1) is 0 Å². The zero-order chi connectivity index (χ0) is 15.7. The fraction of sp³-hybridized carbons (Fsp3) is 0.611. The number of piperidine rings is 1. The van der Waals surface area contributed by atoms with Crippen molar-refractivity contribution in [3.8, 4) is 0 Å². The highest BCUT2D eigenvalue weighted by Gasteiger charge is 2.40. The van der Waals surface area contributed by atoms with E-state index in [2.05, 4.69) is 29.2 Å². The minimum Gasteiger partial charge on any atom is -0.370 e. The number of rotatable bonds is 3. The number of hydrogen-bond donors (Lipinski definition) is 0. The van der Waals surface area contributed by atoms with E-state index < -0.39 is 5.79 Å². The molecule has 1 aromatic carbocycles. The Bertz CT molecular complexity index is 573. The number of para-hydroxylation sites is 1. The Labute approximate surface area is 137 Å². The van der Waals surface area contributed by atoms with Crippen molar-refractivity contribution in [2.45, 2.75) is 31.5 Å². The average molecular weight is 316 g/mol. The van der Waals surface area contributed by atoms with Gasteiger partial charge in [0.2, 0.25) is 5.91 Å². The van der Waals surface area contributed by atoms with Crippen LogP contribution in [-0.4, -0.2) is 56.0 Å². The number of nitrogens with zero attached hydrogens (tertiary/aromatic N) is 2. The van der Waals surface area contributed by atoms with Gasteiger partial charge in [0.25, 0.3) is 0 Å². The Morgan fingerprint density at radius 2 is 1.83 bits per heavy atom. The SMILES string of the molecule is O=C(CCN1CCc2ccccc21)N1CCC2(CC1)OCCO2. The van der Waals surface area contributed by atoms with Crippen molar-refractivity contribution in [1.29, 1.82) is 0 Å². The number of hydrogen-bond acceptors (Lipinski definition) is 4. The summed E-state index contributed by atoms with van der Waals surface area (Å²) in [6.07, 6.45) is 3.27. The van der Waals surface area contributed by atoms with Gasteiger partial charge in [-0.25, -0.2) is 0 Å². The standard InChI is InChI=1S/C18H24N2O3/c21-17(20-11-7-18(8-12-20)22-13-14-23-18)6-10-19-9-5-15-3-1-2-4-16(15)19/h1-4H,5-14H2. The summed E-state index contributed by atoms with van der Waals surface area (Å²) < 4.78 is 11.4. The number of carbonyl (C=O) groups excluding carboxylic acids is 1. The van der Waals surface area contributed by atoms with Gasteiger partial charge in [0.1, 0.15) is 0 Å². The minimum atomic E-state index is -0.398. The van der Waals surface area contributed by atoms with Gasteiger partial charge in [0.15, 0.2) is 5.79 Å². The molecule has 0 saturated carbocycles. The van der Waals surface area contributed by atoms with Gasteiger partial charge >= 0.3 is 0 Å². The first-order valence-electron chi connectivity index (χ1n) is 8.64. The highest BCUT2D eigenvalue weighted by molar-refractivity contribution is 5.77. The average Bonchev–Trinajstić information content (AvgIpc) is 3.21. The Hall–Kier alpha value is -1.59. The number of benzene rings is 1. The van der Waals surface area contributed by atoms with E-state index in [1.807, 2.05) is 4.90 Å². The molecule has 3 aliphatic heterocycles. The van der Waals surface area contributed by atoms with Crippen LogP contribution in [0.1, 0.15) is 24.8 Å². The number of anilines is 1. The summed E-state index contributed by atoms with van der Waals surface area (Å²) >= 11 is 0. The first-order valence-corrected chi connectivity index (χ1v) is 8.64. The molecule has 2 fully saturated rings. The molecule has 1 aromatic rings. The van der Waals surface area contributed by atoms with Crippen LogP contribution < -0.4 is 4.90 Å². The van der Waals surface area contributed by atoms with Crippen LogP contribution in [0, 0.1) is 0 Å². The lowest BCUT2D eigenvalue weighted by atomic mass is 10.0. The zero-order valence-electron chi connectivity index (χ0n) is 13.5. The molecule has 0 bridgehead atoms. The Morgan fingerprint density at radius 1 is 1.09 bits per heavy atom. The third-order valence-corrected chi connectivity index (χ3v) is 5.27. The molecule has 0 aliphatic carbocycles. The van der Waals surface area contributed by atoms with Crippen LogP contribution in [0.25, 0.3) is 0 Å². The van der Waals surface area contributed by atoms with Crippen molar-refractivity contribution in [3.05, 3.63) is 29.8 Å². The molecule has 1 amide bonds. The molecule has 3 heterocycles. The van der Waals surface area contributed by atoms with Gasteiger partial charge in [-0.05, 0) is 18.1 Å².